The van der Waals surface area contributed by atoms with Gasteiger partial charge in [0.25, 0.3) is 0 Å². The Balaban J connectivity index is 1.80. The van der Waals surface area contributed by atoms with Gasteiger partial charge in [0.2, 0.25) is 5.91 Å². The molecule has 110 valence electrons. The molecule has 2 N–H and O–H groups in total. The van der Waals surface area contributed by atoms with Crippen molar-refractivity contribution in [3.8, 4) is 5.75 Å². The van der Waals surface area contributed by atoms with Crippen molar-refractivity contribution in [2.45, 2.75) is 31.2 Å². The van der Waals surface area contributed by atoms with Crippen LogP contribution >= 0.6 is 0 Å². The van der Waals surface area contributed by atoms with Crippen molar-refractivity contribution in [3.05, 3.63) is 30.1 Å². The molecule has 0 radical (unpaired) electrons. The number of carbonyl (C=O) groups is 1. The molecule has 1 aromatic carbocycles. The standard InChI is InChI=1S/C15H21FN2O2/c1-18(14(19)15(17)7-2-3-8-15)9-10-20-13-6-4-5-12(16)11-13/h4-6,11H,2-3,7-10,17H2,1H3. The number of hydrogen-bond donors (Lipinski definition) is 1. The van der Waals surface area contributed by atoms with E-state index in [1.165, 1.54) is 12.1 Å². The Labute approximate surface area is 118 Å². The first-order chi connectivity index (χ1) is 9.51. The molecule has 0 spiro atoms. The third kappa shape index (κ3) is 3.48. The number of ether oxygens (including phenoxy) is 1. The predicted molar refractivity (Wildman–Crippen MR) is 74.9 cm³/mol. The molecule has 0 unspecified atom stereocenters. The number of halogens is 1. The average Bonchev–Trinajstić information content (AvgIpc) is 2.86. The molecular formula is C15H21FN2O2. The number of benzene rings is 1. The van der Waals surface area contributed by atoms with Crippen LogP contribution in [0.2, 0.25) is 0 Å². The Morgan fingerprint density at radius 2 is 2.15 bits per heavy atom. The third-order valence-electron chi connectivity index (χ3n) is 3.76. The molecule has 1 aromatic rings. The lowest BCUT2D eigenvalue weighted by molar-refractivity contribution is -0.135. The van der Waals surface area contributed by atoms with Crippen LogP contribution in [0.4, 0.5) is 4.39 Å². The van der Waals surface area contributed by atoms with Crippen LogP contribution < -0.4 is 10.5 Å². The smallest absolute Gasteiger partial charge is 0.242 e. The van der Waals surface area contributed by atoms with E-state index in [0.29, 0.717) is 18.9 Å². The first-order valence-electron chi connectivity index (χ1n) is 6.94. The van der Waals surface area contributed by atoms with Gasteiger partial charge in [-0.25, -0.2) is 4.39 Å². The molecule has 4 nitrogen and oxygen atoms in total. The highest BCUT2D eigenvalue weighted by molar-refractivity contribution is 5.86. The minimum absolute atomic E-state index is 0.0298. The molecule has 1 amide bonds. The second kappa shape index (κ2) is 6.22. The van der Waals surface area contributed by atoms with Gasteiger partial charge in [-0.3, -0.25) is 4.79 Å². The van der Waals surface area contributed by atoms with E-state index >= 15 is 0 Å². The zero-order valence-corrected chi connectivity index (χ0v) is 11.8. The summed E-state index contributed by atoms with van der Waals surface area (Å²) in [5.74, 6) is 0.103. The first-order valence-corrected chi connectivity index (χ1v) is 6.94. The maximum atomic E-state index is 13.0. The maximum Gasteiger partial charge on any atom is 0.242 e. The summed E-state index contributed by atoms with van der Waals surface area (Å²) in [6.45, 7) is 0.760. The maximum absolute atomic E-state index is 13.0. The number of carbonyl (C=O) groups excluding carboxylic acids is 1. The summed E-state index contributed by atoms with van der Waals surface area (Å²) in [6, 6.07) is 5.96. The second-order valence-corrected chi connectivity index (χ2v) is 5.40. The third-order valence-corrected chi connectivity index (χ3v) is 3.76. The summed E-state index contributed by atoms with van der Waals surface area (Å²) in [4.78, 5) is 13.9. The summed E-state index contributed by atoms with van der Waals surface area (Å²) in [5.41, 5.74) is 5.42. The summed E-state index contributed by atoms with van der Waals surface area (Å²) < 4.78 is 18.4. The van der Waals surface area contributed by atoms with E-state index in [0.717, 1.165) is 25.7 Å². The van der Waals surface area contributed by atoms with Crippen molar-refractivity contribution in [1.29, 1.82) is 0 Å². The quantitative estimate of drug-likeness (QED) is 0.896. The van der Waals surface area contributed by atoms with Crippen LogP contribution in [-0.2, 0) is 4.79 Å². The fourth-order valence-electron chi connectivity index (χ4n) is 2.56. The SMILES string of the molecule is CN(CCOc1cccc(F)c1)C(=O)C1(N)CCCC1. The van der Waals surface area contributed by atoms with Crippen LogP contribution in [-0.4, -0.2) is 36.5 Å². The molecule has 0 saturated heterocycles. The molecule has 0 heterocycles. The zero-order chi connectivity index (χ0) is 14.6. The fraction of sp³-hybridized carbons (Fsp3) is 0.533. The van der Waals surface area contributed by atoms with Crippen LogP contribution in [0.15, 0.2) is 24.3 Å². The van der Waals surface area contributed by atoms with Gasteiger partial charge in [-0.1, -0.05) is 18.9 Å². The lowest BCUT2D eigenvalue weighted by atomic mass is 9.97. The van der Waals surface area contributed by atoms with Crippen LogP contribution in [0.1, 0.15) is 25.7 Å². The highest BCUT2D eigenvalue weighted by atomic mass is 19.1. The van der Waals surface area contributed by atoms with Gasteiger partial charge < -0.3 is 15.4 Å². The predicted octanol–water partition coefficient (Wildman–Crippen LogP) is 1.93. The molecule has 2 rings (SSSR count). The molecule has 0 atom stereocenters. The lowest BCUT2D eigenvalue weighted by Gasteiger charge is -2.28. The van der Waals surface area contributed by atoms with E-state index in [9.17, 15) is 9.18 Å². The van der Waals surface area contributed by atoms with E-state index in [-0.39, 0.29) is 11.7 Å². The van der Waals surface area contributed by atoms with Crippen LogP contribution in [0.5, 0.6) is 5.75 Å². The first kappa shape index (κ1) is 14.8. The van der Waals surface area contributed by atoms with Gasteiger partial charge in [0.1, 0.15) is 18.2 Å². The van der Waals surface area contributed by atoms with Crippen LogP contribution in [0.3, 0.4) is 0 Å². The van der Waals surface area contributed by atoms with Crippen molar-refractivity contribution in [2.24, 2.45) is 5.73 Å². The zero-order valence-electron chi connectivity index (χ0n) is 11.8. The van der Waals surface area contributed by atoms with Gasteiger partial charge >= 0.3 is 0 Å². The molecular weight excluding hydrogens is 259 g/mol. The fourth-order valence-corrected chi connectivity index (χ4v) is 2.56. The second-order valence-electron chi connectivity index (χ2n) is 5.40. The summed E-state index contributed by atoms with van der Waals surface area (Å²) in [6.07, 6.45) is 3.52. The van der Waals surface area contributed by atoms with Gasteiger partial charge in [-0.2, -0.15) is 0 Å². The Kier molecular flexibility index (Phi) is 4.60. The van der Waals surface area contributed by atoms with Crippen molar-refractivity contribution in [3.63, 3.8) is 0 Å². The highest BCUT2D eigenvalue weighted by Gasteiger charge is 2.38. The molecule has 1 fully saturated rings. The van der Waals surface area contributed by atoms with E-state index in [4.69, 9.17) is 10.5 Å². The number of hydrogen-bond acceptors (Lipinski definition) is 3. The van der Waals surface area contributed by atoms with Crippen LogP contribution in [0, 0.1) is 5.82 Å². The highest BCUT2D eigenvalue weighted by Crippen LogP contribution is 2.28. The van der Waals surface area contributed by atoms with Gasteiger partial charge in [-0.05, 0) is 25.0 Å². The molecule has 0 aliphatic heterocycles. The minimum Gasteiger partial charge on any atom is -0.492 e. The number of rotatable bonds is 5. The van der Waals surface area contributed by atoms with E-state index in [1.807, 2.05) is 0 Å². The Hall–Kier alpha value is -1.62. The molecule has 0 aromatic heterocycles. The summed E-state index contributed by atoms with van der Waals surface area (Å²) in [5, 5.41) is 0. The number of nitrogens with two attached hydrogens (primary N) is 1. The van der Waals surface area contributed by atoms with E-state index in [1.54, 1.807) is 24.1 Å². The van der Waals surface area contributed by atoms with E-state index < -0.39 is 5.54 Å². The Morgan fingerprint density at radius 1 is 1.45 bits per heavy atom. The largest absolute Gasteiger partial charge is 0.492 e. The van der Waals surface area contributed by atoms with Gasteiger partial charge in [0.15, 0.2) is 0 Å². The molecule has 1 aliphatic carbocycles. The monoisotopic (exact) mass is 280 g/mol. The average molecular weight is 280 g/mol. The summed E-state index contributed by atoms with van der Waals surface area (Å²) >= 11 is 0. The van der Waals surface area contributed by atoms with Gasteiger partial charge in [0.05, 0.1) is 12.1 Å². The summed E-state index contributed by atoms with van der Waals surface area (Å²) in [7, 11) is 1.73. The molecule has 1 aliphatic rings. The molecule has 20 heavy (non-hydrogen) atoms. The normalized spacial score (nSPS) is 16.9. The Morgan fingerprint density at radius 3 is 2.80 bits per heavy atom. The number of amides is 1. The van der Waals surface area contributed by atoms with Crippen molar-refractivity contribution in [2.75, 3.05) is 20.2 Å². The molecule has 0 bridgehead atoms. The van der Waals surface area contributed by atoms with E-state index in [2.05, 4.69) is 0 Å². The van der Waals surface area contributed by atoms with Crippen molar-refractivity contribution in [1.82, 2.24) is 4.90 Å². The Bertz CT molecular complexity index is 473. The molecule has 5 heteroatoms. The van der Waals surface area contributed by atoms with Gasteiger partial charge in [0, 0.05) is 13.1 Å². The van der Waals surface area contributed by atoms with Crippen LogP contribution in [0.25, 0.3) is 0 Å². The topological polar surface area (TPSA) is 55.6 Å². The minimum atomic E-state index is -0.701. The number of likely N-dealkylation sites (N-methyl/N-ethyl adjacent to an activating group) is 1. The number of nitrogens with zero attached hydrogens (tertiary/aromatic N) is 1. The van der Waals surface area contributed by atoms with Gasteiger partial charge in [-0.15, -0.1) is 0 Å². The van der Waals surface area contributed by atoms with Crippen molar-refractivity contribution >= 4 is 5.91 Å². The lowest BCUT2D eigenvalue weighted by Crippen LogP contribution is -2.53. The molecule has 1 saturated carbocycles. The van der Waals surface area contributed by atoms with Crippen molar-refractivity contribution < 1.29 is 13.9 Å².